The highest BCUT2D eigenvalue weighted by molar-refractivity contribution is 7.15. The fourth-order valence-corrected chi connectivity index (χ4v) is 4.16. The minimum Gasteiger partial charge on any atom is -0.320 e. The van der Waals surface area contributed by atoms with Gasteiger partial charge in [0.2, 0.25) is 5.43 Å². The second kappa shape index (κ2) is 8.07. The second-order valence-corrected chi connectivity index (χ2v) is 8.45. The first-order chi connectivity index (χ1) is 15.5. The zero-order chi connectivity index (χ0) is 22.2. The summed E-state index contributed by atoms with van der Waals surface area (Å²) in [6, 6.07) is 15.7. The summed E-state index contributed by atoms with van der Waals surface area (Å²) in [6.45, 7) is 1.75. The van der Waals surface area contributed by atoms with Gasteiger partial charge in [-0.2, -0.15) is 5.10 Å². The van der Waals surface area contributed by atoms with Crippen molar-refractivity contribution >= 4 is 39.5 Å². The lowest BCUT2D eigenvalue weighted by Gasteiger charge is -2.11. The van der Waals surface area contributed by atoms with Crippen LogP contribution in [0.25, 0.3) is 21.9 Å². The molecular formula is C23H16ClN5O2S. The maximum absolute atomic E-state index is 12.8. The van der Waals surface area contributed by atoms with E-state index < -0.39 is 11.3 Å². The topological polar surface area (TPSA) is 81.3 Å². The highest BCUT2D eigenvalue weighted by Gasteiger charge is 2.16. The van der Waals surface area contributed by atoms with Crippen molar-refractivity contribution in [2.45, 2.75) is 6.92 Å². The van der Waals surface area contributed by atoms with E-state index >= 15 is 0 Å². The number of nitrogens with one attached hydrogen (secondary N) is 1. The average molecular weight is 462 g/mol. The number of aromatic nitrogens is 4. The number of carbonyl (C=O) groups is 1. The highest BCUT2D eigenvalue weighted by Crippen LogP contribution is 2.23. The van der Waals surface area contributed by atoms with Gasteiger partial charge in [0.15, 0.2) is 10.7 Å². The van der Waals surface area contributed by atoms with Gasteiger partial charge in [-0.25, -0.2) is 9.67 Å². The molecule has 7 nitrogen and oxygen atoms in total. The molecule has 1 amide bonds. The SMILES string of the molecule is Cc1cc(=O)c(C(=O)Nc2ccc(-c3cn4ccsc4n3)cc2)nn1-c1ccc(Cl)cc1. The number of hydrogen-bond donors (Lipinski definition) is 1. The molecule has 3 aromatic heterocycles. The Bertz CT molecular complexity index is 1470. The summed E-state index contributed by atoms with van der Waals surface area (Å²) in [7, 11) is 0. The molecule has 9 heteroatoms. The number of carbonyl (C=O) groups excluding carboxylic acids is 1. The molecule has 5 aromatic rings. The van der Waals surface area contributed by atoms with E-state index in [1.807, 2.05) is 34.3 Å². The molecule has 0 atom stereocenters. The van der Waals surface area contributed by atoms with Gasteiger partial charge in [-0.15, -0.1) is 11.3 Å². The third kappa shape index (κ3) is 3.81. The van der Waals surface area contributed by atoms with Gasteiger partial charge in [0.25, 0.3) is 5.91 Å². The van der Waals surface area contributed by atoms with Crippen molar-refractivity contribution in [2.24, 2.45) is 0 Å². The second-order valence-electron chi connectivity index (χ2n) is 7.14. The maximum Gasteiger partial charge on any atom is 0.280 e. The van der Waals surface area contributed by atoms with E-state index in [0.717, 1.165) is 16.2 Å². The molecule has 0 aliphatic heterocycles. The molecule has 1 N–H and O–H groups in total. The number of rotatable bonds is 4. The number of thiazole rings is 1. The number of anilines is 1. The lowest BCUT2D eigenvalue weighted by atomic mass is 10.1. The standard InChI is InChI=1S/C23H16ClN5O2S/c1-14-12-20(30)21(27-29(14)18-8-4-16(24)5-9-18)22(31)25-17-6-2-15(3-7-17)19-13-28-10-11-32-23(28)26-19/h2-13H,1H3,(H,25,31). The van der Waals surface area contributed by atoms with Crippen LogP contribution in [-0.4, -0.2) is 25.1 Å². The molecular weight excluding hydrogens is 446 g/mol. The predicted molar refractivity (Wildman–Crippen MR) is 126 cm³/mol. The molecule has 0 saturated heterocycles. The molecule has 0 fully saturated rings. The van der Waals surface area contributed by atoms with E-state index in [0.29, 0.717) is 22.1 Å². The molecule has 0 aliphatic rings. The van der Waals surface area contributed by atoms with Crippen molar-refractivity contribution in [3.05, 3.63) is 99.0 Å². The Balaban J connectivity index is 1.39. The molecule has 0 bridgehead atoms. The number of aryl methyl sites for hydroxylation is 1. The van der Waals surface area contributed by atoms with Crippen LogP contribution >= 0.6 is 22.9 Å². The minimum absolute atomic E-state index is 0.191. The average Bonchev–Trinajstić information content (AvgIpc) is 3.38. The number of fused-ring (bicyclic) bond motifs is 1. The number of hydrogen-bond acceptors (Lipinski definition) is 5. The fourth-order valence-electron chi connectivity index (χ4n) is 3.33. The van der Waals surface area contributed by atoms with Crippen molar-refractivity contribution < 1.29 is 4.79 Å². The zero-order valence-corrected chi connectivity index (χ0v) is 18.4. The summed E-state index contributed by atoms with van der Waals surface area (Å²) in [5, 5.41) is 9.60. The molecule has 5 rings (SSSR count). The fraction of sp³-hybridized carbons (Fsp3) is 0.0435. The van der Waals surface area contributed by atoms with Crippen LogP contribution in [0.2, 0.25) is 5.02 Å². The molecule has 2 aromatic carbocycles. The third-order valence-corrected chi connectivity index (χ3v) is 5.95. The number of halogens is 1. The Hall–Kier alpha value is -3.75. The molecule has 0 spiro atoms. The van der Waals surface area contributed by atoms with Gasteiger partial charge < -0.3 is 5.32 Å². The molecule has 0 unspecified atom stereocenters. The summed E-state index contributed by atoms with van der Waals surface area (Å²) >= 11 is 7.52. The van der Waals surface area contributed by atoms with Gasteiger partial charge >= 0.3 is 0 Å². The van der Waals surface area contributed by atoms with Gasteiger partial charge in [-0.05, 0) is 43.3 Å². The van der Waals surface area contributed by atoms with Gasteiger partial charge in [-0.1, -0.05) is 23.7 Å². The lowest BCUT2D eigenvalue weighted by molar-refractivity contribution is 0.101. The molecule has 32 heavy (non-hydrogen) atoms. The van der Waals surface area contributed by atoms with E-state index in [4.69, 9.17) is 11.6 Å². The molecule has 158 valence electrons. The van der Waals surface area contributed by atoms with Crippen LogP contribution in [0.4, 0.5) is 5.69 Å². The van der Waals surface area contributed by atoms with Crippen LogP contribution in [-0.2, 0) is 0 Å². The van der Waals surface area contributed by atoms with E-state index in [2.05, 4.69) is 15.4 Å². The summed E-state index contributed by atoms with van der Waals surface area (Å²) in [4.78, 5) is 30.7. The monoisotopic (exact) mass is 461 g/mol. The minimum atomic E-state index is -0.576. The first-order valence-corrected chi connectivity index (χ1v) is 10.9. The molecule has 0 radical (unpaired) electrons. The van der Waals surface area contributed by atoms with Crippen molar-refractivity contribution in [3.63, 3.8) is 0 Å². The van der Waals surface area contributed by atoms with Crippen molar-refractivity contribution in [1.82, 2.24) is 19.2 Å². The van der Waals surface area contributed by atoms with Crippen LogP contribution in [0.5, 0.6) is 0 Å². The van der Waals surface area contributed by atoms with E-state index in [9.17, 15) is 9.59 Å². The summed E-state index contributed by atoms with van der Waals surface area (Å²) in [5.41, 5.74) is 3.00. The lowest BCUT2D eigenvalue weighted by Crippen LogP contribution is -2.26. The van der Waals surface area contributed by atoms with Crippen LogP contribution in [0.15, 0.2) is 77.2 Å². The Morgan fingerprint density at radius 2 is 1.84 bits per heavy atom. The van der Waals surface area contributed by atoms with Gasteiger partial charge in [-0.3, -0.25) is 14.0 Å². The smallest absolute Gasteiger partial charge is 0.280 e. The normalized spacial score (nSPS) is 11.1. The van der Waals surface area contributed by atoms with Gasteiger partial charge in [0.1, 0.15) is 0 Å². The highest BCUT2D eigenvalue weighted by atomic mass is 35.5. The van der Waals surface area contributed by atoms with Crippen molar-refractivity contribution in [3.8, 4) is 16.9 Å². The summed E-state index contributed by atoms with van der Waals surface area (Å²) in [5.74, 6) is -0.576. The number of amides is 1. The molecule has 3 heterocycles. The Morgan fingerprint density at radius 1 is 1.09 bits per heavy atom. The molecule has 0 aliphatic carbocycles. The summed E-state index contributed by atoms with van der Waals surface area (Å²) in [6.07, 6.45) is 3.91. The van der Waals surface area contributed by atoms with Gasteiger partial charge in [0.05, 0.1) is 11.4 Å². The maximum atomic E-state index is 12.8. The van der Waals surface area contributed by atoms with Crippen molar-refractivity contribution in [1.29, 1.82) is 0 Å². The van der Waals surface area contributed by atoms with Crippen LogP contribution in [0, 0.1) is 6.92 Å². The predicted octanol–water partition coefficient (Wildman–Crippen LogP) is 4.82. The number of nitrogens with zero attached hydrogens (tertiary/aromatic N) is 4. The van der Waals surface area contributed by atoms with E-state index in [-0.39, 0.29) is 5.69 Å². The largest absolute Gasteiger partial charge is 0.320 e. The first-order valence-electron chi connectivity index (χ1n) is 9.69. The molecule has 0 saturated carbocycles. The number of imidazole rings is 1. The quantitative estimate of drug-likeness (QED) is 0.416. The zero-order valence-electron chi connectivity index (χ0n) is 16.8. The third-order valence-electron chi connectivity index (χ3n) is 4.93. The van der Waals surface area contributed by atoms with Crippen LogP contribution < -0.4 is 10.7 Å². The number of benzene rings is 2. The Morgan fingerprint density at radius 3 is 2.56 bits per heavy atom. The van der Waals surface area contributed by atoms with E-state index in [1.54, 1.807) is 59.3 Å². The Kier molecular flexibility index (Phi) is 5.08. The van der Waals surface area contributed by atoms with Gasteiger partial charge in [0, 0.05) is 45.8 Å². The van der Waals surface area contributed by atoms with Crippen LogP contribution in [0.3, 0.4) is 0 Å². The Labute approximate surface area is 191 Å². The van der Waals surface area contributed by atoms with Crippen molar-refractivity contribution in [2.75, 3.05) is 5.32 Å². The van der Waals surface area contributed by atoms with E-state index in [1.165, 1.54) is 6.07 Å². The van der Waals surface area contributed by atoms with Crippen LogP contribution in [0.1, 0.15) is 16.2 Å². The first kappa shape index (κ1) is 20.2. The summed E-state index contributed by atoms with van der Waals surface area (Å²) < 4.78 is 3.50.